The van der Waals surface area contributed by atoms with Crippen molar-refractivity contribution in [2.75, 3.05) is 51.8 Å². The van der Waals surface area contributed by atoms with Gasteiger partial charge in [-0.3, -0.25) is 9.89 Å². The molecule has 1 aromatic heterocycles. The van der Waals surface area contributed by atoms with Gasteiger partial charge in [-0.15, -0.1) is 0 Å². The highest BCUT2D eigenvalue weighted by Gasteiger charge is 2.22. The van der Waals surface area contributed by atoms with Gasteiger partial charge in [0.2, 0.25) is 11.8 Å². The second-order valence-electron chi connectivity index (χ2n) is 10.4. The third-order valence-electron chi connectivity index (χ3n) is 7.48. The number of guanidine groups is 1. The van der Waals surface area contributed by atoms with Crippen LogP contribution < -0.4 is 15.4 Å². The summed E-state index contributed by atoms with van der Waals surface area (Å²) in [4.78, 5) is 19.8. The molecule has 0 radical (unpaired) electrons. The molecule has 4 aromatic rings. The summed E-state index contributed by atoms with van der Waals surface area (Å²) in [5.74, 6) is 1.68. The lowest BCUT2D eigenvalue weighted by Gasteiger charge is -2.34. The van der Waals surface area contributed by atoms with E-state index in [1.807, 2.05) is 41.3 Å². The van der Waals surface area contributed by atoms with Crippen molar-refractivity contribution in [3.8, 4) is 5.75 Å². The van der Waals surface area contributed by atoms with Crippen molar-refractivity contribution in [3.63, 3.8) is 0 Å². The average Bonchev–Trinajstić information content (AvgIpc) is 3.44. The Labute approximate surface area is 252 Å². The molecule has 3 aromatic carbocycles. The minimum absolute atomic E-state index is 0.343. The lowest BCUT2D eigenvalue weighted by Crippen LogP contribution is -2.46. The van der Waals surface area contributed by atoms with Gasteiger partial charge in [0.25, 0.3) is 0 Å². The first kappa shape index (κ1) is 31.4. The fraction of sp³-hybridized carbons (Fsp3) is 0.333. The van der Waals surface area contributed by atoms with Crippen molar-refractivity contribution < 1.29 is 24.2 Å². The van der Waals surface area contributed by atoms with Gasteiger partial charge in [-0.25, -0.2) is 9.69 Å². The number of rotatable bonds is 10. The molecule has 0 amide bonds. The van der Waals surface area contributed by atoms with E-state index in [1.165, 1.54) is 17.5 Å². The number of nitrogens with zero attached hydrogens (tertiary/aromatic N) is 4. The van der Waals surface area contributed by atoms with Crippen molar-refractivity contribution in [2.45, 2.75) is 25.8 Å². The van der Waals surface area contributed by atoms with Gasteiger partial charge in [0.05, 0.1) is 12.8 Å². The fourth-order valence-corrected chi connectivity index (χ4v) is 5.28. The van der Waals surface area contributed by atoms with E-state index in [0.717, 1.165) is 74.5 Å². The molecule has 1 aliphatic heterocycles. The number of methoxy groups -OCH3 is 1. The molecule has 43 heavy (non-hydrogen) atoms. The molecule has 5 rings (SSSR count). The Morgan fingerprint density at radius 1 is 0.930 bits per heavy atom. The van der Waals surface area contributed by atoms with Gasteiger partial charge in [-0.1, -0.05) is 54.6 Å². The number of nitrogens with two attached hydrogens (primary N) is 1. The highest BCUT2D eigenvalue weighted by atomic mass is 16.6. The Bertz CT molecular complexity index is 1440. The molecule has 0 bridgehead atoms. The van der Waals surface area contributed by atoms with E-state index in [4.69, 9.17) is 29.9 Å². The van der Waals surface area contributed by atoms with Gasteiger partial charge in [0, 0.05) is 51.2 Å². The number of hydrogen-bond donors (Lipinski definition) is 3. The van der Waals surface area contributed by atoms with E-state index in [9.17, 15) is 0 Å². The van der Waals surface area contributed by atoms with Gasteiger partial charge >= 0.3 is 6.16 Å². The van der Waals surface area contributed by atoms with Crippen LogP contribution >= 0.6 is 0 Å². The maximum atomic E-state index is 8.56. The molecule has 0 saturated carbocycles. The number of unbranched alkanes of at least 4 members (excludes halogenated alkanes) is 1. The quantitative estimate of drug-likeness (QED) is 0.118. The molecule has 1 aliphatic rings. The second-order valence-corrected chi connectivity index (χ2v) is 10.4. The van der Waals surface area contributed by atoms with Crippen LogP contribution in [0.1, 0.15) is 24.0 Å². The first-order valence-electron chi connectivity index (χ1n) is 14.5. The van der Waals surface area contributed by atoms with Gasteiger partial charge < -0.3 is 30.0 Å². The number of ether oxygens (including phenoxy) is 1. The number of carboxylic acid groups (broad SMARTS) is 2. The number of anilines is 2. The SMILES string of the molecule is CN=C(N)N(c1cc2ccccc2o1)c1cc(CCCCN2CCN(Cc3ccccc3)CC2)ccc1OC.O=C(O)O. The van der Waals surface area contributed by atoms with Crippen LogP contribution in [-0.2, 0) is 13.0 Å². The average molecular weight is 588 g/mol. The van der Waals surface area contributed by atoms with E-state index in [-0.39, 0.29) is 0 Å². The van der Waals surface area contributed by atoms with Gasteiger partial charge in [0.15, 0.2) is 0 Å². The van der Waals surface area contributed by atoms with Crippen molar-refractivity contribution >= 4 is 34.7 Å². The largest absolute Gasteiger partial charge is 0.503 e. The number of para-hydroxylation sites is 1. The van der Waals surface area contributed by atoms with E-state index in [2.05, 4.69) is 57.3 Å². The number of furan rings is 1. The number of piperazine rings is 1. The number of carbonyl (C=O) groups is 1. The van der Waals surface area contributed by atoms with E-state index in [1.54, 1.807) is 14.2 Å². The van der Waals surface area contributed by atoms with Gasteiger partial charge in [0.1, 0.15) is 11.3 Å². The Hall–Kier alpha value is -4.54. The lowest BCUT2D eigenvalue weighted by atomic mass is 10.1. The number of hydrogen-bond acceptors (Lipinski definition) is 6. The van der Waals surface area contributed by atoms with Crippen LogP contribution in [0.25, 0.3) is 11.0 Å². The van der Waals surface area contributed by atoms with Gasteiger partial charge in [-0.2, -0.15) is 0 Å². The first-order chi connectivity index (χ1) is 20.9. The molecule has 0 atom stereocenters. The summed E-state index contributed by atoms with van der Waals surface area (Å²) in [6, 6.07) is 27.0. The van der Waals surface area contributed by atoms with Crippen LogP contribution in [-0.4, -0.2) is 79.0 Å². The third-order valence-corrected chi connectivity index (χ3v) is 7.48. The number of fused-ring (bicyclic) bond motifs is 1. The lowest BCUT2D eigenvalue weighted by molar-refractivity contribution is 0.125. The van der Waals surface area contributed by atoms with E-state index >= 15 is 0 Å². The monoisotopic (exact) mass is 587 g/mol. The topological polar surface area (TPSA) is 128 Å². The zero-order valence-electron chi connectivity index (χ0n) is 24.9. The smallest absolute Gasteiger partial charge is 0.495 e. The summed E-state index contributed by atoms with van der Waals surface area (Å²) in [6.07, 6.45) is 1.45. The fourth-order valence-electron chi connectivity index (χ4n) is 5.28. The molecule has 4 N–H and O–H groups in total. The normalized spacial score (nSPS) is 14.2. The highest BCUT2D eigenvalue weighted by Crippen LogP contribution is 2.37. The van der Waals surface area contributed by atoms with Crippen LogP contribution in [0.4, 0.5) is 16.4 Å². The summed E-state index contributed by atoms with van der Waals surface area (Å²) in [5.41, 5.74) is 10.7. The number of benzene rings is 3. The predicted octanol–water partition coefficient (Wildman–Crippen LogP) is 5.89. The minimum Gasteiger partial charge on any atom is -0.495 e. The molecular weight excluding hydrogens is 546 g/mol. The summed E-state index contributed by atoms with van der Waals surface area (Å²) in [7, 11) is 3.36. The van der Waals surface area contributed by atoms with Crippen LogP contribution in [0, 0.1) is 0 Å². The Kier molecular flexibility index (Phi) is 11.4. The maximum Gasteiger partial charge on any atom is 0.503 e. The molecule has 0 spiro atoms. The van der Waals surface area contributed by atoms with Crippen LogP contribution in [0.2, 0.25) is 0 Å². The number of aliphatic imine (C=N–C) groups is 1. The summed E-state index contributed by atoms with van der Waals surface area (Å²) >= 11 is 0. The second kappa shape index (κ2) is 15.6. The summed E-state index contributed by atoms with van der Waals surface area (Å²) < 4.78 is 11.9. The van der Waals surface area contributed by atoms with Gasteiger partial charge in [-0.05, 0) is 55.1 Å². The van der Waals surface area contributed by atoms with E-state index in [0.29, 0.717) is 11.8 Å². The zero-order valence-corrected chi connectivity index (χ0v) is 24.9. The maximum absolute atomic E-state index is 8.56. The van der Waals surface area contributed by atoms with Crippen molar-refractivity contribution in [2.24, 2.45) is 10.7 Å². The first-order valence-corrected chi connectivity index (χ1v) is 14.5. The molecule has 228 valence electrons. The number of aryl methyl sites for hydroxylation is 1. The standard InChI is InChI=1S/C32H39N5O2.CH2O3/c1-34-32(33)37(31-23-27-13-6-7-14-29(27)39-31)28-22-25(15-16-30(28)38-2)10-8-9-17-35-18-20-36(21-19-35)24-26-11-4-3-5-12-26;2-1(3)4/h3-7,11-16,22-23H,8-10,17-21,24H2,1-2H3,(H2,33,34);(H2,2,3,4). The molecule has 0 aliphatic carbocycles. The molecule has 1 fully saturated rings. The van der Waals surface area contributed by atoms with Crippen LogP contribution in [0.15, 0.2) is 88.3 Å². The van der Waals surface area contributed by atoms with Crippen LogP contribution in [0.3, 0.4) is 0 Å². The summed E-state index contributed by atoms with van der Waals surface area (Å²) in [5, 5.41) is 15.0. The third kappa shape index (κ3) is 8.97. The Morgan fingerprint density at radius 2 is 1.60 bits per heavy atom. The molecule has 0 unspecified atom stereocenters. The van der Waals surface area contributed by atoms with E-state index < -0.39 is 6.16 Å². The Morgan fingerprint density at radius 3 is 2.28 bits per heavy atom. The van der Waals surface area contributed by atoms with Crippen LogP contribution in [0.5, 0.6) is 5.75 Å². The van der Waals surface area contributed by atoms with Crippen molar-refractivity contribution in [1.82, 2.24) is 9.80 Å². The molecule has 10 heteroatoms. The molecule has 1 saturated heterocycles. The van der Waals surface area contributed by atoms with Crippen molar-refractivity contribution in [3.05, 3.63) is 90.0 Å². The zero-order chi connectivity index (χ0) is 30.6. The highest BCUT2D eigenvalue weighted by molar-refractivity contribution is 6.03. The molecule has 10 nitrogen and oxygen atoms in total. The van der Waals surface area contributed by atoms with Crippen molar-refractivity contribution in [1.29, 1.82) is 0 Å². The Balaban J connectivity index is 0.000000996. The molecule has 2 heterocycles. The summed E-state index contributed by atoms with van der Waals surface area (Å²) in [6.45, 7) is 6.74. The minimum atomic E-state index is -1.83. The molecular formula is C33H41N5O5. The predicted molar refractivity (Wildman–Crippen MR) is 171 cm³/mol.